The van der Waals surface area contributed by atoms with Crippen molar-refractivity contribution in [2.75, 3.05) is 24.6 Å². The topological polar surface area (TPSA) is 50.3 Å². The monoisotopic (exact) mass is 382 g/mol. The lowest BCUT2D eigenvalue weighted by Crippen LogP contribution is -2.59. The Labute approximate surface area is 160 Å². The van der Waals surface area contributed by atoms with Crippen molar-refractivity contribution in [3.63, 3.8) is 0 Å². The van der Waals surface area contributed by atoms with Gasteiger partial charge in [0.05, 0.1) is 29.4 Å². The number of halogens is 2. The van der Waals surface area contributed by atoms with Crippen molar-refractivity contribution in [2.45, 2.75) is 43.4 Å². The van der Waals surface area contributed by atoms with Crippen LogP contribution in [0.4, 0.5) is 5.82 Å². The molecule has 1 unspecified atom stereocenters. The van der Waals surface area contributed by atoms with Crippen LogP contribution in [0.1, 0.15) is 25.7 Å². The standard InChI is InChI=1S/C18H22N4O.2ClH/c1-2-4-16-15(3-1)19-11-17(21-16)22-7-8-23-18(12-22)9-13-5-6-14(10-18)20-13;;/h1-4,11,13-14,20H,5-10,12H2;2*1H/t13-,14+,18?;;. The lowest BCUT2D eigenvalue weighted by Gasteiger charge is -2.47. The maximum atomic E-state index is 6.30. The molecule has 3 fully saturated rings. The lowest BCUT2D eigenvalue weighted by atomic mass is 9.86. The van der Waals surface area contributed by atoms with Crippen LogP contribution < -0.4 is 10.2 Å². The molecule has 3 aliphatic rings. The number of morpholine rings is 1. The van der Waals surface area contributed by atoms with Gasteiger partial charge < -0.3 is 15.0 Å². The van der Waals surface area contributed by atoms with Crippen LogP contribution in [0, 0.1) is 0 Å². The summed E-state index contributed by atoms with van der Waals surface area (Å²) >= 11 is 0. The minimum absolute atomic E-state index is 0. The van der Waals surface area contributed by atoms with Gasteiger partial charge in [0.1, 0.15) is 5.82 Å². The van der Waals surface area contributed by atoms with Crippen molar-refractivity contribution >= 4 is 41.7 Å². The molecule has 5 nitrogen and oxygen atoms in total. The summed E-state index contributed by atoms with van der Waals surface area (Å²) in [6, 6.07) is 9.34. The number of hydrogen-bond donors (Lipinski definition) is 1. The molecule has 0 aliphatic carbocycles. The van der Waals surface area contributed by atoms with Gasteiger partial charge in [-0.1, -0.05) is 12.1 Å². The number of ether oxygens (including phenoxy) is 1. The second-order valence-corrected chi connectivity index (χ2v) is 7.22. The van der Waals surface area contributed by atoms with Gasteiger partial charge in [-0.15, -0.1) is 24.8 Å². The zero-order chi connectivity index (χ0) is 15.3. The van der Waals surface area contributed by atoms with Crippen molar-refractivity contribution in [3.05, 3.63) is 30.5 Å². The van der Waals surface area contributed by atoms with Gasteiger partial charge in [0.2, 0.25) is 0 Å². The smallest absolute Gasteiger partial charge is 0.148 e. The molecule has 1 N–H and O–H groups in total. The van der Waals surface area contributed by atoms with Crippen molar-refractivity contribution in [1.29, 1.82) is 0 Å². The molecule has 1 aromatic carbocycles. The van der Waals surface area contributed by atoms with E-state index in [1.807, 2.05) is 30.5 Å². The molecule has 2 aromatic rings. The Morgan fingerprint density at radius 2 is 1.80 bits per heavy atom. The number of para-hydroxylation sites is 2. The molecule has 3 atom stereocenters. The molecular weight excluding hydrogens is 359 g/mol. The van der Waals surface area contributed by atoms with Gasteiger partial charge in [-0.2, -0.15) is 0 Å². The highest BCUT2D eigenvalue weighted by Gasteiger charge is 2.47. The first-order valence-electron chi connectivity index (χ1n) is 8.66. The minimum atomic E-state index is 0. The predicted octanol–water partition coefficient (Wildman–Crippen LogP) is 2.96. The van der Waals surface area contributed by atoms with Gasteiger partial charge in [-0.3, -0.25) is 4.98 Å². The Hall–Kier alpha value is -1.14. The Bertz CT molecular complexity index is 732. The number of rotatable bonds is 1. The maximum Gasteiger partial charge on any atom is 0.148 e. The zero-order valence-electron chi connectivity index (χ0n) is 14.1. The predicted molar refractivity (Wildman–Crippen MR) is 104 cm³/mol. The van der Waals surface area contributed by atoms with Crippen LogP contribution >= 0.6 is 24.8 Å². The first-order chi connectivity index (χ1) is 11.3. The Kier molecular flexibility index (Phi) is 5.40. The minimum Gasteiger partial charge on any atom is -0.371 e. The molecule has 4 heterocycles. The number of nitrogens with zero attached hydrogens (tertiary/aromatic N) is 3. The number of aromatic nitrogens is 2. The molecule has 1 spiro atoms. The van der Waals surface area contributed by atoms with E-state index < -0.39 is 0 Å². The molecule has 7 heteroatoms. The van der Waals surface area contributed by atoms with Crippen LogP contribution in [-0.4, -0.2) is 47.3 Å². The summed E-state index contributed by atoms with van der Waals surface area (Å²) in [6.45, 7) is 2.63. The van der Waals surface area contributed by atoms with E-state index in [4.69, 9.17) is 9.72 Å². The van der Waals surface area contributed by atoms with Crippen molar-refractivity contribution in [3.8, 4) is 0 Å². The van der Waals surface area contributed by atoms with Gasteiger partial charge >= 0.3 is 0 Å². The van der Waals surface area contributed by atoms with Crippen LogP contribution in [0.15, 0.2) is 30.5 Å². The first kappa shape index (κ1) is 18.6. The fourth-order valence-electron chi connectivity index (χ4n) is 4.59. The normalized spacial score (nSPS) is 30.8. The molecule has 2 bridgehead atoms. The molecule has 0 saturated carbocycles. The highest BCUT2D eigenvalue weighted by molar-refractivity contribution is 5.85. The van der Waals surface area contributed by atoms with Gasteiger partial charge in [0.25, 0.3) is 0 Å². The third-order valence-corrected chi connectivity index (χ3v) is 5.58. The number of fused-ring (bicyclic) bond motifs is 3. The summed E-state index contributed by atoms with van der Waals surface area (Å²) in [5.74, 6) is 0.984. The summed E-state index contributed by atoms with van der Waals surface area (Å²) < 4.78 is 6.30. The van der Waals surface area contributed by atoms with Crippen LogP contribution in [0.2, 0.25) is 0 Å². The highest BCUT2D eigenvalue weighted by atomic mass is 35.5. The quantitative estimate of drug-likeness (QED) is 0.821. The molecular formula is C18H24Cl2N4O. The molecule has 0 radical (unpaired) electrons. The van der Waals surface area contributed by atoms with Crippen LogP contribution in [0.3, 0.4) is 0 Å². The average Bonchev–Trinajstić information content (AvgIpc) is 2.94. The number of nitrogens with one attached hydrogen (secondary N) is 1. The second-order valence-electron chi connectivity index (χ2n) is 7.22. The molecule has 5 rings (SSSR count). The molecule has 3 aliphatic heterocycles. The van der Waals surface area contributed by atoms with E-state index in [9.17, 15) is 0 Å². The number of piperidine rings is 1. The summed E-state index contributed by atoms with van der Waals surface area (Å²) in [7, 11) is 0. The lowest BCUT2D eigenvalue weighted by molar-refractivity contribution is -0.0845. The molecule has 136 valence electrons. The molecule has 0 amide bonds. The third kappa shape index (κ3) is 3.43. The van der Waals surface area contributed by atoms with E-state index in [1.54, 1.807) is 0 Å². The summed E-state index contributed by atoms with van der Waals surface area (Å²) in [4.78, 5) is 11.8. The van der Waals surface area contributed by atoms with Crippen molar-refractivity contribution < 1.29 is 4.74 Å². The summed E-state index contributed by atoms with van der Waals surface area (Å²) in [6.07, 6.45) is 6.76. The van der Waals surface area contributed by atoms with E-state index in [0.29, 0.717) is 12.1 Å². The van der Waals surface area contributed by atoms with E-state index >= 15 is 0 Å². The highest BCUT2D eigenvalue weighted by Crippen LogP contribution is 2.39. The largest absolute Gasteiger partial charge is 0.371 e. The summed E-state index contributed by atoms with van der Waals surface area (Å²) in [5.41, 5.74) is 1.93. The van der Waals surface area contributed by atoms with Gasteiger partial charge in [0, 0.05) is 25.2 Å². The van der Waals surface area contributed by atoms with Crippen molar-refractivity contribution in [2.24, 2.45) is 0 Å². The molecule has 25 heavy (non-hydrogen) atoms. The Morgan fingerprint density at radius 1 is 1.08 bits per heavy atom. The Balaban J connectivity index is 0.000000911. The van der Waals surface area contributed by atoms with E-state index in [0.717, 1.165) is 49.4 Å². The Morgan fingerprint density at radius 3 is 2.56 bits per heavy atom. The second kappa shape index (κ2) is 7.23. The fourth-order valence-corrected chi connectivity index (χ4v) is 4.59. The van der Waals surface area contributed by atoms with Gasteiger partial charge in [-0.25, -0.2) is 4.98 Å². The SMILES string of the molecule is Cl.Cl.c1ccc2nc(N3CCOC4(C[C@H]5CC[C@@H](C4)N5)C3)cnc2c1. The third-order valence-electron chi connectivity index (χ3n) is 5.58. The van der Waals surface area contributed by atoms with Crippen LogP contribution in [-0.2, 0) is 4.74 Å². The molecule has 1 aromatic heterocycles. The average molecular weight is 383 g/mol. The molecule has 3 saturated heterocycles. The van der Waals surface area contributed by atoms with E-state index in [1.165, 1.54) is 12.8 Å². The number of benzene rings is 1. The van der Waals surface area contributed by atoms with E-state index in [-0.39, 0.29) is 30.4 Å². The van der Waals surface area contributed by atoms with Crippen LogP contribution in [0.5, 0.6) is 0 Å². The van der Waals surface area contributed by atoms with Crippen LogP contribution in [0.25, 0.3) is 11.0 Å². The zero-order valence-corrected chi connectivity index (χ0v) is 15.7. The maximum absolute atomic E-state index is 6.30. The van der Waals surface area contributed by atoms with E-state index in [2.05, 4.69) is 15.2 Å². The number of anilines is 1. The summed E-state index contributed by atoms with van der Waals surface area (Å²) in [5, 5.41) is 3.71. The number of hydrogen-bond acceptors (Lipinski definition) is 5. The van der Waals surface area contributed by atoms with Gasteiger partial charge in [-0.05, 0) is 37.8 Å². The van der Waals surface area contributed by atoms with Crippen molar-refractivity contribution in [1.82, 2.24) is 15.3 Å². The fraction of sp³-hybridized carbons (Fsp3) is 0.556. The first-order valence-corrected chi connectivity index (χ1v) is 8.66. The van der Waals surface area contributed by atoms with Gasteiger partial charge in [0.15, 0.2) is 0 Å².